The smallest absolute Gasteiger partial charge is 0.235 e. The average molecular weight is 589 g/mol. The summed E-state index contributed by atoms with van der Waals surface area (Å²) in [4.78, 5) is 20.8. The van der Waals surface area contributed by atoms with Gasteiger partial charge in [0.2, 0.25) is 5.95 Å². The van der Waals surface area contributed by atoms with Crippen molar-refractivity contribution in [1.29, 1.82) is 0 Å². The summed E-state index contributed by atoms with van der Waals surface area (Å²) < 4.78 is 4.47. The van der Waals surface area contributed by atoms with Crippen LogP contribution in [0.1, 0.15) is 0 Å². The fraction of sp³-hybridized carbons (Fsp3) is 0. The average Bonchev–Trinajstić information content (AvgIpc) is 3.65. The third-order valence-corrected chi connectivity index (χ3v) is 9.00. The molecule has 214 valence electrons. The summed E-state index contributed by atoms with van der Waals surface area (Å²) >= 11 is 0. The first-order chi connectivity index (χ1) is 22.8. The second-order valence-corrected chi connectivity index (χ2v) is 11.5. The maximum absolute atomic E-state index is 5.28. The standard InChI is InChI=1S/C40H24N6/c1-3-13-25(14-4-1)35-29-19-7-10-20-32(29)43-40(44-35)46-34-22-12-9-18-28(34)31-24-41-36-37(39(31)46)42-23-30-27-17-8-11-21-33(27)45(38(30)36)26-15-5-2-6-16-26/h1-24H. The Labute approximate surface area is 262 Å². The molecule has 5 aromatic heterocycles. The summed E-state index contributed by atoms with van der Waals surface area (Å²) in [5, 5.41) is 5.31. The molecule has 46 heavy (non-hydrogen) atoms. The zero-order valence-corrected chi connectivity index (χ0v) is 24.5. The number of hydrogen-bond acceptors (Lipinski definition) is 4. The van der Waals surface area contributed by atoms with E-state index in [0.29, 0.717) is 5.95 Å². The van der Waals surface area contributed by atoms with Crippen LogP contribution in [0.3, 0.4) is 0 Å². The lowest BCUT2D eigenvalue weighted by atomic mass is 10.1. The van der Waals surface area contributed by atoms with E-state index in [0.717, 1.165) is 82.5 Å². The molecule has 5 aromatic carbocycles. The highest BCUT2D eigenvalue weighted by Crippen LogP contribution is 2.40. The van der Waals surface area contributed by atoms with Crippen LogP contribution in [-0.2, 0) is 0 Å². The zero-order valence-electron chi connectivity index (χ0n) is 24.5. The summed E-state index contributed by atoms with van der Waals surface area (Å²) in [5.41, 5.74) is 9.62. The number of pyridine rings is 2. The van der Waals surface area contributed by atoms with Crippen LogP contribution in [0.5, 0.6) is 0 Å². The lowest BCUT2D eigenvalue weighted by Gasteiger charge is -2.13. The van der Waals surface area contributed by atoms with Crippen molar-refractivity contribution in [3.8, 4) is 22.9 Å². The van der Waals surface area contributed by atoms with Crippen molar-refractivity contribution in [3.63, 3.8) is 0 Å². The first-order valence-electron chi connectivity index (χ1n) is 15.3. The largest absolute Gasteiger partial charge is 0.307 e. The van der Waals surface area contributed by atoms with Crippen molar-refractivity contribution >= 4 is 65.5 Å². The van der Waals surface area contributed by atoms with Crippen molar-refractivity contribution in [2.24, 2.45) is 0 Å². The van der Waals surface area contributed by atoms with Gasteiger partial charge in [0.1, 0.15) is 11.0 Å². The third kappa shape index (κ3) is 3.46. The number of rotatable bonds is 3. The monoisotopic (exact) mass is 588 g/mol. The van der Waals surface area contributed by atoms with Gasteiger partial charge in [-0.1, -0.05) is 103 Å². The molecule has 0 fully saturated rings. The van der Waals surface area contributed by atoms with E-state index in [1.54, 1.807) is 0 Å². The molecule has 0 N–H and O–H groups in total. The highest BCUT2D eigenvalue weighted by atomic mass is 15.2. The van der Waals surface area contributed by atoms with Gasteiger partial charge in [-0.15, -0.1) is 0 Å². The van der Waals surface area contributed by atoms with Gasteiger partial charge in [0.25, 0.3) is 0 Å². The van der Waals surface area contributed by atoms with E-state index in [2.05, 4.69) is 106 Å². The van der Waals surface area contributed by atoms with Crippen LogP contribution >= 0.6 is 0 Å². The molecule has 0 aliphatic carbocycles. The molecule has 6 nitrogen and oxygen atoms in total. The van der Waals surface area contributed by atoms with Gasteiger partial charge in [0, 0.05) is 50.6 Å². The number of benzene rings is 5. The number of fused-ring (bicyclic) bond motifs is 10. The molecule has 0 radical (unpaired) electrons. The minimum Gasteiger partial charge on any atom is -0.307 e. The van der Waals surface area contributed by atoms with E-state index in [9.17, 15) is 0 Å². The highest BCUT2D eigenvalue weighted by molar-refractivity contribution is 6.23. The van der Waals surface area contributed by atoms with Gasteiger partial charge in [-0.2, -0.15) is 0 Å². The number of aromatic nitrogens is 6. The summed E-state index contributed by atoms with van der Waals surface area (Å²) in [6.07, 6.45) is 3.99. The Kier molecular flexibility index (Phi) is 5.19. The van der Waals surface area contributed by atoms with Gasteiger partial charge >= 0.3 is 0 Å². The molecule has 0 saturated carbocycles. The predicted octanol–water partition coefficient (Wildman–Crippen LogP) is 9.43. The van der Waals surface area contributed by atoms with Crippen molar-refractivity contribution in [2.45, 2.75) is 0 Å². The van der Waals surface area contributed by atoms with Gasteiger partial charge in [-0.3, -0.25) is 14.5 Å². The van der Waals surface area contributed by atoms with E-state index in [4.69, 9.17) is 19.9 Å². The summed E-state index contributed by atoms with van der Waals surface area (Å²) in [6, 6.07) is 45.9. The first-order valence-corrected chi connectivity index (χ1v) is 15.3. The number of nitrogens with zero attached hydrogens (tertiary/aromatic N) is 6. The minimum absolute atomic E-state index is 0.599. The van der Waals surface area contributed by atoms with Gasteiger partial charge in [-0.05, 0) is 30.3 Å². The second kappa shape index (κ2) is 9.55. The summed E-state index contributed by atoms with van der Waals surface area (Å²) in [6.45, 7) is 0. The Bertz CT molecular complexity index is 2800. The molecule has 6 heteroatoms. The van der Waals surface area contributed by atoms with E-state index >= 15 is 0 Å². The van der Waals surface area contributed by atoms with Crippen LogP contribution in [-0.4, -0.2) is 29.1 Å². The summed E-state index contributed by atoms with van der Waals surface area (Å²) in [7, 11) is 0. The minimum atomic E-state index is 0.599. The molecule has 0 aliphatic rings. The summed E-state index contributed by atoms with van der Waals surface area (Å²) in [5.74, 6) is 0.599. The molecule has 0 atom stereocenters. The maximum Gasteiger partial charge on any atom is 0.235 e. The third-order valence-electron chi connectivity index (χ3n) is 9.00. The Morgan fingerprint density at radius 1 is 0.413 bits per heavy atom. The maximum atomic E-state index is 5.28. The Balaban J connectivity index is 1.38. The van der Waals surface area contributed by atoms with Crippen molar-refractivity contribution in [1.82, 2.24) is 29.1 Å². The molecule has 0 spiro atoms. The van der Waals surface area contributed by atoms with Gasteiger partial charge in [0.15, 0.2) is 0 Å². The highest BCUT2D eigenvalue weighted by Gasteiger charge is 2.23. The Morgan fingerprint density at radius 3 is 1.61 bits per heavy atom. The number of para-hydroxylation sites is 4. The lowest BCUT2D eigenvalue weighted by Crippen LogP contribution is -2.04. The number of hydrogen-bond donors (Lipinski definition) is 0. The van der Waals surface area contributed by atoms with Gasteiger partial charge in [-0.25, -0.2) is 9.97 Å². The Hall–Kier alpha value is -6.40. The van der Waals surface area contributed by atoms with Crippen LogP contribution in [0.15, 0.2) is 146 Å². The fourth-order valence-electron chi connectivity index (χ4n) is 7.02. The van der Waals surface area contributed by atoms with Crippen LogP contribution < -0.4 is 0 Å². The second-order valence-electron chi connectivity index (χ2n) is 11.5. The van der Waals surface area contributed by atoms with Gasteiger partial charge in [0.05, 0.1) is 33.3 Å². The zero-order chi connectivity index (χ0) is 30.2. The van der Waals surface area contributed by atoms with Crippen LogP contribution in [0.2, 0.25) is 0 Å². The quantitative estimate of drug-likeness (QED) is 0.206. The van der Waals surface area contributed by atoms with Crippen molar-refractivity contribution in [3.05, 3.63) is 146 Å². The lowest BCUT2D eigenvalue weighted by molar-refractivity contribution is 1.01. The van der Waals surface area contributed by atoms with Crippen molar-refractivity contribution in [2.75, 3.05) is 0 Å². The van der Waals surface area contributed by atoms with E-state index in [1.807, 2.05) is 48.8 Å². The molecule has 0 aliphatic heterocycles. The molecule has 5 heterocycles. The molecule has 0 bridgehead atoms. The molecule has 10 rings (SSSR count). The van der Waals surface area contributed by atoms with Crippen LogP contribution in [0, 0.1) is 0 Å². The normalized spacial score (nSPS) is 11.9. The van der Waals surface area contributed by atoms with E-state index in [1.165, 1.54) is 0 Å². The Morgan fingerprint density at radius 2 is 0.935 bits per heavy atom. The van der Waals surface area contributed by atoms with Crippen LogP contribution in [0.25, 0.3) is 88.4 Å². The molecule has 0 amide bonds. The molecule has 0 unspecified atom stereocenters. The van der Waals surface area contributed by atoms with E-state index in [-0.39, 0.29) is 0 Å². The van der Waals surface area contributed by atoms with E-state index < -0.39 is 0 Å². The molecule has 0 saturated heterocycles. The molecular weight excluding hydrogens is 564 g/mol. The van der Waals surface area contributed by atoms with Crippen LogP contribution in [0.4, 0.5) is 0 Å². The van der Waals surface area contributed by atoms with Gasteiger partial charge < -0.3 is 4.57 Å². The predicted molar refractivity (Wildman–Crippen MR) is 187 cm³/mol. The first kappa shape index (κ1) is 25.0. The van der Waals surface area contributed by atoms with Crippen molar-refractivity contribution < 1.29 is 0 Å². The topological polar surface area (TPSA) is 61.4 Å². The fourth-order valence-corrected chi connectivity index (χ4v) is 7.02. The SMILES string of the molecule is c1ccc(-c2nc(-n3c4ccccc4c4cnc5c(ncc6c7ccccc7n(-c7ccccc7)c65)c43)nc3ccccc23)cc1. The molecular formula is C40H24N6. The molecule has 10 aromatic rings.